The van der Waals surface area contributed by atoms with Crippen LogP contribution >= 0.6 is 0 Å². The third kappa shape index (κ3) is 2.23. The molecule has 0 spiro atoms. The van der Waals surface area contributed by atoms with Gasteiger partial charge in [-0.1, -0.05) is 0 Å². The second kappa shape index (κ2) is 4.70. The van der Waals surface area contributed by atoms with E-state index in [1.165, 1.54) is 4.46 Å². The van der Waals surface area contributed by atoms with Crippen molar-refractivity contribution in [3.05, 3.63) is 54.6 Å². The fourth-order valence-electron chi connectivity index (χ4n) is 1.67. The zero-order valence-electron chi connectivity index (χ0n) is 9.15. The van der Waals surface area contributed by atoms with E-state index in [1.807, 2.05) is 28.9 Å². The summed E-state index contributed by atoms with van der Waals surface area (Å²) >= 11 is 0.401. The molecule has 0 saturated heterocycles. The molecule has 3 nitrogen and oxygen atoms in total. The molecule has 1 aromatic heterocycles. The van der Waals surface area contributed by atoms with Crippen LogP contribution in [0.4, 0.5) is 0 Å². The number of benzene rings is 2. The Hall–Kier alpha value is -1.64. The molecule has 3 rings (SSSR count). The van der Waals surface area contributed by atoms with Crippen LogP contribution in [0.5, 0.6) is 0 Å². The van der Waals surface area contributed by atoms with Crippen LogP contribution in [0.2, 0.25) is 0 Å². The second-order valence-electron chi connectivity index (χ2n) is 3.66. The molecule has 0 unspecified atom stereocenters. The summed E-state index contributed by atoms with van der Waals surface area (Å²) in [5.41, 5.74) is 3.01. The minimum atomic E-state index is 0.401. The Bertz CT molecular complexity index is 619. The van der Waals surface area contributed by atoms with Crippen molar-refractivity contribution < 1.29 is 0 Å². The molecule has 0 aliphatic heterocycles. The molecule has 0 N–H and O–H groups in total. The number of aromatic nitrogens is 3. The Kier molecular flexibility index (Phi) is 2.90. The molecule has 0 fully saturated rings. The Morgan fingerprint density at radius 1 is 0.941 bits per heavy atom. The Morgan fingerprint density at radius 2 is 1.71 bits per heavy atom. The van der Waals surface area contributed by atoms with E-state index >= 15 is 0 Å². The SMILES string of the molecule is c1ccc([Se]Cn2nnc3ccccc32)cc1. The first-order valence-electron chi connectivity index (χ1n) is 5.39. The number of rotatable bonds is 3. The van der Waals surface area contributed by atoms with E-state index in [9.17, 15) is 0 Å². The quantitative estimate of drug-likeness (QED) is 0.682. The van der Waals surface area contributed by atoms with Gasteiger partial charge >= 0.3 is 105 Å². The van der Waals surface area contributed by atoms with Gasteiger partial charge in [-0.05, 0) is 0 Å². The molecule has 4 heteroatoms. The predicted molar refractivity (Wildman–Crippen MR) is 69.4 cm³/mol. The first-order chi connectivity index (χ1) is 8.43. The Labute approximate surface area is 106 Å². The topological polar surface area (TPSA) is 30.7 Å². The number of para-hydroxylation sites is 1. The van der Waals surface area contributed by atoms with Crippen molar-refractivity contribution in [3.8, 4) is 0 Å². The predicted octanol–water partition coefficient (Wildman–Crippen LogP) is 1.42. The van der Waals surface area contributed by atoms with Gasteiger partial charge in [-0.25, -0.2) is 0 Å². The molecule has 84 valence electrons. The van der Waals surface area contributed by atoms with Gasteiger partial charge in [-0.3, -0.25) is 0 Å². The van der Waals surface area contributed by atoms with Crippen molar-refractivity contribution in [1.82, 2.24) is 15.0 Å². The normalized spacial score (nSPS) is 10.8. The molecule has 3 aromatic rings. The Morgan fingerprint density at radius 3 is 2.59 bits per heavy atom. The van der Waals surface area contributed by atoms with E-state index in [-0.39, 0.29) is 0 Å². The van der Waals surface area contributed by atoms with Gasteiger partial charge in [-0.2, -0.15) is 0 Å². The summed E-state index contributed by atoms with van der Waals surface area (Å²) in [5, 5.41) is 8.35. The van der Waals surface area contributed by atoms with Crippen molar-refractivity contribution in [2.24, 2.45) is 0 Å². The minimum absolute atomic E-state index is 0.401. The molecule has 0 saturated carbocycles. The van der Waals surface area contributed by atoms with E-state index in [1.54, 1.807) is 0 Å². The number of nitrogens with zero attached hydrogens (tertiary/aromatic N) is 3. The van der Waals surface area contributed by atoms with Crippen molar-refractivity contribution in [1.29, 1.82) is 0 Å². The number of hydrogen-bond acceptors (Lipinski definition) is 2. The van der Waals surface area contributed by atoms with Crippen molar-refractivity contribution in [2.45, 2.75) is 5.44 Å². The molecule has 0 aliphatic rings. The molecule has 0 aliphatic carbocycles. The van der Waals surface area contributed by atoms with Crippen molar-refractivity contribution >= 4 is 30.5 Å². The van der Waals surface area contributed by atoms with Crippen LogP contribution in [0.15, 0.2) is 54.6 Å². The van der Waals surface area contributed by atoms with Gasteiger partial charge in [0.1, 0.15) is 0 Å². The van der Waals surface area contributed by atoms with Gasteiger partial charge in [0.15, 0.2) is 0 Å². The molecule has 17 heavy (non-hydrogen) atoms. The van der Waals surface area contributed by atoms with Crippen LogP contribution in [0, 0.1) is 0 Å². The summed E-state index contributed by atoms with van der Waals surface area (Å²) in [6.45, 7) is 0. The Balaban J connectivity index is 1.82. The molecule has 0 radical (unpaired) electrons. The molecular weight excluding hydrogens is 277 g/mol. The summed E-state index contributed by atoms with van der Waals surface area (Å²) in [6.07, 6.45) is 0. The zero-order valence-corrected chi connectivity index (χ0v) is 10.9. The van der Waals surface area contributed by atoms with Crippen LogP contribution in [0.3, 0.4) is 0 Å². The molecule has 2 aromatic carbocycles. The molecule has 1 heterocycles. The maximum absolute atomic E-state index is 4.19. The summed E-state index contributed by atoms with van der Waals surface area (Å²) in [4.78, 5) is 0. The third-order valence-corrected chi connectivity index (χ3v) is 4.57. The first kappa shape index (κ1) is 10.5. The van der Waals surface area contributed by atoms with Gasteiger partial charge in [-0.15, -0.1) is 0 Å². The van der Waals surface area contributed by atoms with Crippen molar-refractivity contribution in [3.63, 3.8) is 0 Å². The van der Waals surface area contributed by atoms with E-state index in [0.717, 1.165) is 16.5 Å². The van der Waals surface area contributed by atoms with E-state index in [2.05, 4.69) is 40.6 Å². The first-order valence-corrected chi connectivity index (χ1v) is 7.46. The van der Waals surface area contributed by atoms with Gasteiger partial charge in [0, 0.05) is 0 Å². The monoisotopic (exact) mass is 289 g/mol. The average molecular weight is 288 g/mol. The molecule has 0 atom stereocenters. The molecular formula is C13H11N3Se. The fourth-order valence-corrected chi connectivity index (χ4v) is 3.37. The zero-order chi connectivity index (χ0) is 11.5. The summed E-state index contributed by atoms with van der Waals surface area (Å²) in [5.74, 6) is 0. The standard InChI is InChI=1S/C13H11N3Se/c1-2-6-11(7-3-1)17-10-16-13-9-5-4-8-12(13)14-15-16/h1-9H,10H2. The van der Waals surface area contributed by atoms with E-state index in [4.69, 9.17) is 0 Å². The third-order valence-electron chi connectivity index (χ3n) is 2.52. The van der Waals surface area contributed by atoms with Crippen LogP contribution in [-0.2, 0) is 5.44 Å². The number of hydrogen-bond donors (Lipinski definition) is 0. The van der Waals surface area contributed by atoms with Crippen LogP contribution < -0.4 is 4.46 Å². The van der Waals surface area contributed by atoms with E-state index in [0.29, 0.717) is 15.0 Å². The van der Waals surface area contributed by atoms with Gasteiger partial charge in [0.2, 0.25) is 0 Å². The van der Waals surface area contributed by atoms with Gasteiger partial charge in [0.25, 0.3) is 0 Å². The van der Waals surface area contributed by atoms with Crippen LogP contribution in [0.25, 0.3) is 11.0 Å². The van der Waals surface area contributed by atoms with E-state index < -0.39 is 0 Å². The molecule has 0 bridgehead atoms. The summed E-state index contributed by atoms with van der Waals surface area (Å²) < 4.78 is 3.38. The second-order valence-corrected chi connectivity index (χ2v) is 5.80. The maximum atomic E-state index is 4.19. The van der Waals surface area contributed by atoms with Gasteiger partial charge < -0.3 is 0 Å². The summed E-state index contributed by atoms with van der Waals surface area (Å²) in [6, 6.07) is 18.6. The van der Waals surface area contributed by atoms with Crippen LogP contribution in [-0.4, -0.2) is 30.0 Å². The average Bonchev–Trinajstić information content (AvgIpc) is 2.81. The fraction of sp³-hybridized carbons (Fsp3) is 0.0769. The summed E-state index contributed by atoms with van der Waals surface area (Å²) in [7, 11) is 0. The molecule has 0 amide bonds. The van der Waals surface area contributed by atoms with Crippen molar-refractivity contribution in [2.75, 3.05) is 0 Å². The van der Waals surface area contributed by atoms with Crippen LogP contribution in [0.1, 0.15) is 0 Å². The van der Waals surface area contributed by atoms with Gasteiger partial charge in [0.05, 0.1) is 0 Å². The number of fused-ring (bicyclic) bond motifs is 1.